The van der Waals surface area contributed by atoms with Gasteiger partial charge in [0.25, 0.3) is 0 Å². The molecule has 4 heteroatoms. The van der Waals surface area contributed by atoms with Gasteiger partial charge in [-0.1, -0.05) is 25.6 Å². The van der Waals surface area contributed by atoms with E-state index in [4.69, 9.17) is 0 Å². The fourth-order valence-electron chi connectivity index (χ4n) is 1.77. The number of nitrogens with one attached hydrogen (secondary N) is 1. The predicted octanol–water partition coefficient (Wildman–Crippen LogP) is 3.29. The van der Waals surface area contributed by atoms with Crippen LogP contribution < -0.4 is 10.2 Å². The van der Waals surface area contributed by atoms with Crippen LogP contribution in [0.1, 0.15) is 13.8 Å². The predicted molar refractivity (Wildman–Crippen MR) is 82.9 cm³/mol. The van der Waals surface area contributed by atoms with Crippen molar-refractivity contribution in [2.24, 2.45) is 10.9 Å². The van der Waals surface area contributed by atoms with E-state index in [0.717, 1.165) is 17.4 Å². The lowest BCUT2D eigenvalue weighted by Crippen LogP contribution is -2.13. The van der Waals surface area contributed by atoms with Crippen molar-refractivity contribution in [3.63, 3.8) is 0 Å². The van der Waals surface area contributed by atoms with Crippen LogP contribution in [0.2, 0.25) is 0 Å². The number of nitrogens with zero attached hydrogens (tertiary/aromatic N) is 2. The Morgan fingerprint density at radius 3 is 2.44 bits per heavy atom. The van der Waals surface area contributed by atoms with Gasteiger partial charge in [0.15, 0.2) is 5.17 Å². The Labute approximate surface area is 114 Å². The molecule has 0 saturated carbocycles. The molecule has 3 nitrogen and oxygen atoms in total. The van der Waals surface area contributed by atoms with E-state index in [2.05, 4.69) is 53.3 Å². The quantitative estimate of drug-likeness (QED) is 0.907. The minimum atomic E-state index is 0.619. The summed E-state index contributed by atoms with van der Waals surface area (Å²) in [4.78, 5) is 6.65. The Morgan fingerprint density at radius 1 is 1.28 bits per heavy atom. The van der Waals surface area contributed by atoms with Gasteiger partial charge in [0.2, 0.25) is 0 Å². The van der Waals surface area contributed by atoms with Crippen LogP contribution >= 0.6 is 11.8 Å². The van der Waals surface area contributed by atoms with E-state index in [1.807, 2.05) is 25.9 Å². The molecule has 1 atom stereocenters. The second kappa shape index (κ2) is 5.65. The second-order valence-corrected chi connectivity index (χ2v) is 6.34. The first-order valence-electron chi connectivity index (χ1n) is 6.32. The maximum atomic E-state index is 4.55. The monoisotopic (exact) mass is 263 g/mol. The number of hydrogen-bond donors (Lipinski definition) is 1. The van der Waals surface area contributed by atoms with Crippen molar-refractivity contribution < 1.29 is 0 Å². The zero-order valence-electron chi connectivity index (χ0n) is 11.5. The van der Waals surface area contributed by atoms with Crippen molar-refractivity contribution in [2.45, 2.75) is 19.1 Å². The molecular weight excluding hydrogens is 242 g/mol. The molecule has 1 aliphatic heterocycles. The van der Waals surface area contributed by atoms with Crippen LogP contribution in [0.5, 0.6) is 0 Å². The van der Waals surface area contributed by atoms with E-state index in [9.17, 15) is 0 Å². The lowest BCUT2D eigenvalue weighted by Gasteiger charge is -2.14. The highest BCUT2D eigenvalue weighted by Crippen LogP contribution is 2.28. The van der Waals surface area contributed by atoms with Crippen LogP contribution in [0.25, 0.3) is 0 Å². The number of anilines is 2. The average Bonchev–Trinajstić information content (AvgIpc) is 2.78. The topological polar surface area (TPSA) is 27.6 Å². The lowest BCUT2D eigenvalue weighted by atomic mass is 10.1. The van der Waals surface area contributed by atoms with Crippen molar-refractivity contribution in [3.8, 4) is 0 Å². The van der Waals surface area contributed by atoms with Crippen molar-refractivity contribution in [2.75, 3.05) is 30.9 Å². The summed E-state index contributed by atoms with van der Waals surface area (Å²) in [6.45, 7) is 5.43. The highest BCUT2D eigenvalue weighted by Gasteiger charge is 2.22. The lowest BCUT2D eigenvalue weighted by molar-refractivity contribution is 0.621. The Morgan fingerprint density at radius 2 is 1.94 bits per heavy atom. The molecule has 98 valence electrons. The molecule has 1 aromatic rings. The van der Waals surface area contributed by atoms with Gasteiger partial charge in [-0.25, -0.2) is 0 Å². The third-order valence-electron chi connectivity index (χ3n) is 3.06. The van der Waals surface area contributed by atoms with Gasteiger partial charge in [-0.15, -0.1) is 0 Å². The van der Waals surface area contributed by atoms with Crippen molar-refractivity contribution in [1.29, 1.82) is 0 Å². The molecule has 0 spiro atoms. The first-order valence-corrected chi connectivity index (χ1v) is 7.19. The molecular formula is C14H21N3S. The smallest absolute Gasteiger partial charge is 0.161 e. The van der Waals surface area contributed by atoms with Gasteiger partial charge in [-0.05, 0) is 30.2 Å². The standard InChI is InChI=1S/C14H21N3S/c1-10(2)13-9-15-14(18-13)16-11-5-7-12(8-6-11)17(3)4/h5-8,10,13H,9H2,1-4H3,(H,15,16). The Balaban J connectivity index is 1.95. The van der Waals surface area contributed by atoms with Gasteiger partial charge in [0.1, 0.15) is 0 Å². The first-order chi connectivity index (χ1) is 8.56. The Kier molecular flexibility index (Phi) is 4.17. The molecule has 2 rings (SSSR count). The Hall–Kier alpha value is -1.16. The van der Waals surface area contributed by atoms with Crippen LogP contribution in [0.15, 0.2) is 29.3 Å². The van der Waals surface area contributed by atoms with Gasteiger partial charge in [0.05, 0.1) is 6.54 Å². The van der Waals surface area contributed by atoms with Gasteiger partial charge >= 0.3 is 0 Å². The van der Waals surface area contributed by atoms with E-state index in [-0.39, 0.29) is 0 Å². The summed E-state index contributed by atoms with van der Waals surface area (Å²) in [6.07, 6.45) is 0. The molecule has 1 aromatic carbocycles. The second-order valence-electron chi connectivity index (χ2n) is 5.11. The average molecular weight is 263 g/mol. The maximum Gasteiger partial charge on any atom is 0.161 e. The number of aliphatic imine (C=N–C) groups is 1. The zero-order valence-corrected chi connectivity index (χ0v) is 12.3. The molecule has 0 aliphatic carbocycles. The maximum absolute atomic E-state index is 4.55. The van der Waals surface area contributed by atoms with Gasteiger partial charge in [-0.2, -0.15) is 0 Å². The van der Waals surface area contributed by atoms with Crippen LogP contribution in [0, 0.1) is 5.92 Å². The van der Waals surface area contributed by atoms with Crippen LogP contribution in [0.3, 0.4) is 0 Å². The summed E-state index contributed by atoms with van der Waals surface area (Å²) in [7, 11) is 4.10. The highest BCUT2D eigenvalue weighted by molar-refractivity contribution is 8.15. The largest absolute Gasteiger partial charge is 0.378 e. The van der Waals surface area contributed by atoms with E-state index in [1.165, 1.54) is 5.69 Å². The summed E-state index contributed by atoms with van der Waals surface area (Å²) in [5.74, 6) is 0.675. The number of rotatable bonds is 3. The Bertz CT molecular complexity index is 423. The van der Waals surface area contributed by atoms with Gasteiger partial charge in [-0.3, -0.25) is 4.99 Å². The fourth-order valence-corrected chi connectivity index (χ4v) is 2.81. The van der Waals surface area contributed by atoms with Gasteiger partial charge < -0.3 is 10.2 Å². The van der Waals surface area contributed by atoms with E-state index in [0.29, 0.717) is 11.2 Å². The summed E-state index contributed by atoms with van der Waals surface area (Å²) in [5.41, 5.74) is 2.32. The van der Waals surface area contributed by atoms with Crippen LogP contribution in [0.4, 0.5) is 11.4 Å². The molecule has 1 heterocycles. The third kappa shape index (κ3) is 3.19. The minimum absolute atomic E-state index is 0.619. The molecule has 1 N–H and O–H groups in total. The summed E-state index contributed by atoms with van der Waals surface area (Å²) in [6, 6.07) is 8.42. The van der Waals surface area contributed by atoms with E-state index < -0.39 is 0 Å². The van der Waals surface area contributed by atoms with Crippen molar-refractivity contribution in [3.05, 3.63) is 24.3 Å². The molecule has 0 bridgehead atoms. The van der Waals surface area contributed by atoms with Crippen molar-refractivity contribution in [1.82, 2.24) is 0 Å². The summed E-state index contributed by atoms with van der Waals surface area (Å²) < 4.78 is 0. The number of hydrogen-bond acceptors (Lipinski definition) is 4. The van der Waals surface area contributed by atoms with E-state index >= 15 is 0 Å². The molecule has 1 unspecified atom stereocenters. The zero-order chi connectivity index (χ0) is 13.1. The van der Waals surface area contributed by atoms with Crippen molar-refractivity contribution >= 4 is 28.3 Å². The minimum Gasteiger partial charge on any atom is -0.378 e. The third-order valence-corrected chi connectivity index (χ3v) is 4.51. The fraction of sp³-hybridized carbons (Fsp3) is 0.500. The molecule has 0 saturated heterocycles. The van der Waals surface area contributed by atoms with Gasteiger partial charge in [0, 0.05) is 30.7 Å². The first kappa shape index (κ1) is 13.3. The highest BCUT2D eigenvalue weighted by atomic mass is 32.2. The summed E-state index contributed by atoms with van der Waals surface area (Å²) >= 11 is 1.85. The molecule has 0 fully saturated rings. The molecule has 0 amide bonds. The SMILES string of the molecule is CC(C)C1CN=C(Nc2ccc(N(C)C)cc2)S1. The molecule has 0 aromatic heterocycles. The van der Waals surface area contributed by atoms with E-state index in [1.54, 1.807) is 0 Å². The number of thioether (sulfide) groups is 1. The summed E-state index contributed by atoms with van der Waals surface area (Å²) in [5, 5.41) is 5.05. The molecule has 1 aliphatic rings. The number of benzene rings is 1. The number of amidine groups is 1. The van der Waals surface area contributed by atoms with Crippen LogP contribution in [-0.4, -0.2) is 31.1 Å². The normalized spacial score (nSPS) is 18.9. The molecule has 0 radical (unpaired) electrons. The molecule has 18 heavy (non-hydrogen) atoms. The van der Waals surface area contributed by atoms with Crippen LogP contribution in [-0.2, 0) is 0 Å².